The van der Waals surface area contributed by atoms with Crippen LogP contribution < -0.4 is 10.1 Å². The molecule has 0 aromatic heterocycles. The van der Waals surface area contributed by atoms with Crippen molar-refractivity contribution in [2.45, 2.75) is 46.7 Å². The highest BCUT2D eigenvalue weighted by molar-refractivity contribution is 6.31. The fourth-order valence-electron chi connectivity index (χ4n) is 3.09. The molecule has 0 fully saturated rings. The first kappa shape index (κ1) is 23.7. The zero-order chi connectivity index (χ0) is 22.1. The molecule has 30 heavy (non-hydrogen) atoms. The largest absolute Gasteiger partial charge is 0.484 e. The van der Waals surface area contributed by atoms with Crippen molar-refractivity contribution in [3.05, 3.63) is 64.7 Å². The molecule has 2 rings (SSSR count). The van der Waals surface area contributed by atoms with Gasteiger partial charge in [-0.1, -0.05) is 68.8 Å². The Morgan fingerprint density at radius 2 is 1.77 bits per heavy atom. The second kappa shape index (κ2) is 11.6. The van der Waals surface area contributed by atoms with E-state index in [2.05, 4.69) is 5.32 Å². The van der Waals surface area contributed by atoms with Crippen molar-refractivity contribution in [2.75, 3.05) is 13.2 Å². The van der Waals surface area contributed by atoms with Gasteiger partial charge in [0.2, 0.25) is 5.91 Å². The van der Waals surface area contributed by atoms with Gasteiger partial charge in [0.15, 0.2) is 6.61 Å². The Hall–Kier alpha value is -2.53. The molecule has 0 aliphatic carbocycles. The zero-order valence-electron chi connectivity index (χ0n) is 18.2. The number of hydrogen-bond donors (Lipinski definition) is 1. The van der Waals surface area contributed by atoms with E-state index in [1.807, 2.05) is 70.2 Å². The first-order chi connectivity index (χ1) is 14.3. The summed E-state index contributed by atoms with van der Waals surface area (Å²) in [7, 11) is 0. The van der Waals surface area contributed by atoms with Crippen LogP contribution in [0, 0.1) is 12.8 Å². The minimum Gasteiger partial charge on any atom is -0.484 e. The van der Waals surface area contributed by atoms with Gasteiger partial charge in [-0.15, -0.1) is 0 Å². The summed E-state index contributed by atoms with van der Waals surface area (Å²) < 4.78 is 5.76. The zero-order valence-corrected chi connectivity index (χ0v) is 18.9. The highest BCUT2D eigenvalue weighted by Gasteiger charge is 2.29. The number of amides is 2. The molecule has 1 N–H and O–H groups in total. The van der Waals surface area contributed by atoms with E-state index >= 15 is 0 Å². The van der Waals surface area contributed by atoms with Crippen molar-refractivity contribution in [1.29, 1.82) is 0 Å². The lowest BCUT2D eigenvalue weighted by molar-refractivity contribution is -0.143. The predicted octanol–water partition coefficient (Wildman–Crippen LogP) is 4.61. The van der Waals surface area contributed by atoms with Gasteiger partial charge >= 0.3 is 0 Å². The molecule has 6 heteroatoms. The van der Waals surface area contributed by atoms with E-state index < -0.39 is 6.04 Å². The Kier molecular flexibility index (Phi) is 9.18. The topological polar surface area (TPSA) is 58.6 Å². The average molecular weight is 431 g/mol. The van der Waals surface area contributed by atoms with Gasteiger partial charge in [-0.05, 0) is 42.5 Å². The van der Waals surface area contributed by atoms with Gasteiger partial charge in [0, 0.05) is 18.1 Å². The third kappa shape index (κ3) is 6.77. The number of hydrogen-bond acceptors (Lipinski definition) is 3. The standard InChI is InChI=1S/C24H31ClN2O3/c1-5-21(24(29)26-14-17(2)3)27(15-19-11-7-8-12-20(19)25)23(28)16-30-22-13-9-6-10-18(22)4/h6-13,17,21H,5,14-16H2,1-4H3,(H,26,29)/t21-/m1/s1. The average Bonchev–Trinajstić information content (AvgIpc) is 2.72. The van der Waals surface area contributed by atoms with Gasteiger partial charge < -0.3 is 15.0 Å². The van der Waals surface area contributed by atoms with Crippen LogP contribution in [-0.4, -0.2) is 35.9 Å². The van der Waals surface area contributed by atoms with Crippen LogP contribution in [0.3, 0.4) is 0 Å². The smallest absolute Gasteiger partial charge is 0.261 e. The van der Waals surface area contributed by atoms with Crippen molar-refractivity contribution >= 4 is 23.4 Å². The molecule has 0 radical (unpaired) electrons. The molecule has 0 unspecified atom stereocenters. The number of halogens is 1. The molecule has 0 aliphatic rings. The molecule has 0 aliphatic heterocycles. The number of carbonyl (C=O) groups is 2. The van der Waals surface area contributed by atoms with Crippen molar-refractivity contribution < 1.29 is 14.3 Å². The van der Waals surface area contributed by atoms with E-state index in [4.69, 9.17) is 16.3 Å². The second-order valence-corrected chi connectivity index (χ2v) is 8.14. The lowest BCUT2D eigenvalue weighted by atomic mass is 10.1. The lowest BCUT2D eigenvalue weighted by Gasteiger charge is -2.31. The van der Waals surface area contributed by atoms with Crippen LogP contribution >= 0.6 is 11.6 Å². The molecule has 0 heterocycles. The van der Waals surface area contributed by atoms with Gasteiger partial charge in [-0.2, -0.15) is 0 Å². The third-order valence-electron chi connectivity index (χ3n) is 4.81. The van der Waals surface area contributed by atoms with E-state index in [0.717, 1.165) is 11.1 Å². The van der Waals surface area contributed by atoms with E-state index in [1.54, 1.807) is 11.0 Å². The summed E-state index contributed by atoms with van der Waals surface area (Å²) >= 11 is 6.33. The molecular weight excluding hydrogens is 400 g/mol. The summed E-state index contributed by atoms with van der Waals surface area (Å²) in [5, 5.41) is 3.51. The van der Waals surface area contributed by atoms with Gasteiger partial charge in [0.25, 0.3) is 5.91 Å². The summed E-state index contributed by atoms with van der Waals surface area (Å²) in [5.41, 5.74) is 1.74. The number of para-hydroxylation sites is 1. The Balaban J connectivity index is 2.22. The number of ether oxygens (including phenoxy) is 1. The number of nitrogens with one attached hydrogen (secondary N) is 1. The molecule has 1 atom stereocenters. The summed E-state index contributed by atoms with van der Waals surface area (Å²) in [6.45, 7) is 8.54. The van der Waals surface area contributed by atoms with Crippen molar-refractivity contribution in [1.82, 2.24) is 10.2 Å². The summed E-state index contributed by atoms with van der Waals surface area (Å²) in [5.74, 6) is 0.552. The van der Waals surface area contributed by atoms with Crippen molar-refractivity contribution in [3.63, 3.8) is 0 Å². The number of rotatable bonds is 10. The van der Waals surface area contributed by atoms with Gasteiger partial charge in [-0.25, -0.2) is 0 Å². The van der Waals surface area contributed by atoms with E-state index in [9.17, 15) is 9.59 Å². The van der Waals surface area contributed by atoms with Crippen LogP contribution in [0.1, 0.15) is 38.3 Å². The molecule has 0 saturated heterocycles. The molecule has 0 bridgehead atoms. The molecular formula is C24H31ClN2O3. The summed E-state index contributed by atoms with van der Waals surface area (Å²) in [6, 6.07) is 14.3. The molecule has 5 nitrogen and oxygen atoms in total. The summed E-state index contributed by atoms with van der Waals surface area (Å²) in [4.78, 5) is 27.6. The van der Waals surface area contributed by atoms with Gasteiger partial charge in [0.05, 0.1) is 0 Å². The quantitative estimate of drug-likeness (QED) is 0.598. The molecule has 2 amide bonds. The third-order valence-corrected chi connectivity index (χ3v) is 5.18. The Morgan fingerprint density at radius 3 is 2.40 bits per heavy atom. The fourth-order valence-corrected chi connectivity index (χ4v) is 3.29. The monoisotopic (exact) mass is 430 g/mol. The first-order valence-corrected chi connectivity index (χ1v) is 10.7. The summed E-state index contributed by atoms with van der Waals surface area (Å²) in [6.07, 6.45) is 0.491. The van der Waals surface area contributed by atoms with Crippen LogP contribution in [0.2, 0.25) is 5.02 Å². The van der Waals surface area contributed by atoms with E-state index in [0.29, 0.717) is 29.7 Å². The molecule has 2 aromatic carbocycles. The highest BCUT2D eigenvalue weighted by Crippen LogP contribution is 2.21. The van der Waals surface area contributed by atoms with E-state index in [-0.39, 0.29) is 25.0 Å². The van der Waals surface area contributed by atoms with Crippen LogP contribution in [0.5, 0.6) is 5.75 Å². The maximum absolute atomic E-state index is 13.2. The fraction of sp³-hybridized carbons (Fsp3) is 0.417. The molecule has 162 valence electrons. The number of aryl methyl sites for hydroxylation is 1. The molecule has 2 aromatic rings. The number of benzene rings is 2. The van der Waals surface area contributed by atoms with Crippen LogP contribution in [0.15, 0.2) is 48.5 Å². The maximum Gasteiger partial charge on any atom is 0.261 e. The second-order valence-electron chi connectivity index (χ2n) is 7.73. The molecule has 0 spiro atoms. The normalized spacial score (nSPS) is 11.8. The number of nitrogens with zero attached hydrogens (tertiary/aromatic N) is 1. The number of carbonyl (C=O) groups excluding carboxylic acids is 2. The predicted molar refractivity (Wildman–Crippen MR) is 121 cm³/mol. The Morgan fingerprint density at radius 1 is 1.10 bits per heavy atom. The van der Waals surface area contributed by atoms with Crippen LogP contribution in [0.25, 0.3) is 0 Å². The lowest BCUT2D eigenvalue weighted by Crippen LogP contribution is -2.50. The Labute approximate surface area is 184 Å². The highest BCUT2D eigenvalue weighted by atomic mass is 35.5. The van der Waals surface area contributed by atoms with Crippen molar-refractivity contribution in [3.8, 4) is 5.75 Å². The van der Waals surface area contributed by atoms with Crippen LogP contribution in [-0.2, 0) is 16.1 Å². The minimum atomic E-state index is -0.604. The van der Waals surface area contributed by atoms with E-state index in [1.165, 1.54) is 0 Å². The first-order valence-electron chi connectivity index (χ1n) is 10.3. The molecule has 0 saturated carbocycles. The SMILES string of the molecule is CC[C@H](C(=O)NCC(C)C)N(Cc1ccccc1Cl)C(=O)COc1ccccc1C. The minimum absolute atomic E-state index is 0.150. The Bertz CT molecular complexity index is 854. The van der Waals surface area contributed by atoms with Crippen LogP contribution in [0.4, 0.5) is 0 Å². The van der Waals surface area contributed by atoms with Gasteiger partial charge in [-0.3, -0.25) is 9.59 Å². The van der Waals surface area contributed by atoms with Crippen molar-refractivity contribution in [2.24, 2.45) is 5.92 Å². The van der Waals surface area contributed by atoms with Gasteiger partial charge in [0.1, 0.15) is 11.8 Å². The maximum atomic E-state index is 13.2.